The molecule has 32 heavy (non-hydrogen) atoms. The summed E-state index contributed by atoms with van der Waals surface area (Å²) >= 11 is 0. The molecule has 1 aromatic carbocycles. The van der Waals surface area contributed by atoms with Crippen LogP contribution >= 0.6 is 0 Å². The summed E-state index contributed by atoms with van der Waals surface area (Å²) in [6.07, 6.45) is 6.69. The first-order valence-corrected chi connectivity index (χ1v) is 11.2. The van der Waals surface area contributed by atoms with Crippen molar-refractivity contribution in [1.82, 2.24) is 14.9 Å². The molecule has 0 radical (unpaired) electrons. The van der Waals surface area contributed by atoms with Crippen LogP contribution in [0.2, 0.25) is 0 Å². The molecule has 0 spiro atoms. The predicted molar refractivity (Wildman–Crippen MR) is 118 cm³/mol. The van der Waals surface area contributed by atoms with Crippen molar-refractivity contribution >= 4 is 34.5 Å². The SMILES string of the molecule is COC(=O)CNC(=O)c1cc(NC(=O)CC2CCCC2)cc2nc([C@@H]3CCCO3)n(C)c12. The highest BCUT2D eigenvalue weighted by Gasteiger charge is 2.26. The molecule has 9 nitrogen and oxygen atoms in total. The van der Waals surface area contributed by atoms with Crippen LogP contribution in [0.1, 0.15) is 67.2 Å². The molecule has 2 aliphatic rings. The minimum atomic E-state index is -0.541. The number of nitrogens with one attached hydrogen (secondary N) is 2. The van der Waals surface area contributed by atoms with E-state index in [1.165, 1.54) is 20.0 Å². The van der Waals surface area contributed by atoms with Gasteiger partial charge in [-0.2, -0.15) is 0 Å². The van der Waals surface area contributed by atoms with E-state index in [-0.39, 0.29) is 18.6 Å². The van der Waals surface area contributed by atoms with Gasteiger partial charge in [0.1, 0.15) is 18.5 Å². The number of anilines is 1. The van der Waals surface area contributed by atoms with Gasteiger partial charge in [0, 0.05) is 25.8 Å². The quantitative estimate of drug-likeness (QED) is 0.638. The van der Waals surface area contributed by atoms with Gasteiger partial charge in [-0.3, -0.25) is 14.4 Å². The first kappa shape index (κ1) is 22.3. The number of esters is 1. The zero-order valence-electron chi connectivity index (χ0n) is 18.6. The number of fused-ring (bicyclic) bond motifs is 1. The number of aryl methyl sites for hydroxylation is 1. The second-order valence-corrected chi connectivity index (χ2v) is 8.58. The van der Waals surface area contributed by atoms with Crippen molar-refractivity contribution in [3.05, 3.63) is 23.5 Å². The first-order valence-electron chi connectivity index (χ1n) is 11.2. The van der Waals surface area contributed by atoms with Gasteiger partial charge in [-0.1, -0.05) is 12.8 Å². The third kappa shape index (κ3) is 4.77. The molecule has 9 heteroatoms. The van der Waals surface area contributed by atoms with Gasteiger partial charge >= 0.3 is 5.97 Å². The molecule has 4 rings (SSSR count). The monoisotopic (exact) mass is 442 g/mol. The second kappa shape index (κ2) is 9.68. The van der Waals surface area contributed by atoms with Crippen LogP contribution in [0.15, 0.2) is 12.1 Å². The summed E-state index contributed by atoms with van der Waals surface area (Å²) in [7, 11) is 3.12. The first-order chi connectivity index (χ1) is 15.5. The number of ether oxygens (including phenoxy) is 2. The molecule has 1 aromatic heterocycles. The fraction of sp³-hybridized carbons (Fsp3) is 0.565. The highest BCUT2D eigenvalue weighted by atomic mass is 16.5. The molecule has 1 aliphatic carbocycles. The van der Waals surface area contributed by atoms with E-state index in [1.54, 1.807) is 12.1 Å². The Morgan fingerprint density at radius 2 is 1.97 bits per heavy atom. The molecule has 2 fully saturated rings. The lowest BCUT2D eigenvalue weighted by molar-refractivity contribution is -0.139. The van der Waals surface area contributed by atoms with E-state index in [0.717, 1.165) is 31.5 Å². The normalized spacial score (nSPS) is 18.8. The maximum Gasteiger partial charge on any atom is 0.325 e. The van der Waals surface area contributed by atoms with E-state index >= 15 is 0 Å². The largest absolute Gasteiger partial charge is 0.468 e. The number of hydrogen-bond donors (Lipinski definition) is 2. The summed E-state index contributed by atoms with van der Waals surface area (Å²) in [5.74, 6) is 0.124. The van der Waals surface area contributed by atoms with Crippen molar-refractivity contribution in [2.75, 3.05) is 25.6 Å². The van der Waals surface area contributed by atoms with Crippen LogP contribution in [0.25, 0.3) is 11.0 Å². The van der Waals surface area contributed by atoms with E-state index in [9.17, 15) is 14.4 Å². The van der Waals surface area contributed by atoms with Crippen molar-refractivity contribution in [3.63, 3.8) is 0 Å². The smallest absolute Gasteiger partial charge is 0.325 e. The number of hydrogen-bond acceptors (Lipinski definition) is 6. The summed E-state index contributed by atoms with van der Waals surface area (Å²) in [5.41, 5.74) is 2.08. The average Bonchev–Trinajstić information content (AvgIpc) is 3.53. The Bertz CT molecular complexity index is 1020. The van der Waals surface area contributed by atoms with Crippen LogP contribution < -0.4 is 10.6 Å². The van der Waals surface area contributed by atoms with Crippen molar-refractivity contribution in [1.29, 1.82) is 0 Å². The molecule has 0 unspecified atom stereocenters. The Morgan fingerprint density at radius 3 is 2.66 bits per heavy atom. The van der Waals surface area contributed by atoms with Gasteiger partial charge in [0.05, 0.1) is 23.7 Å². The lowest BCUT2D eigenvalue weighted by Gasteiger charge is -2.13. The number of rotatable bonds is 7. The summed E-state index contributed by atoms with van der Waals surface area (Å²) in [6, 6.07) is 3.43. The lowest BCUT2D eigenvalue weighted by atomic mass is 10.0. The van der Waals surface area contributed by atoms with Gasteiger partial charge < -0.3 is 24.7 Å². The number of carbonyl (C=O) groups is 3. The standard InChI is InChI=1S/C23H30N4O5/c1-27-21-16(23(30)24-13-20(29)31-2)11-15(25-19(28)10-14-6-3-4-7-14)12-17(21)26-22(27)18-8-5-9-32-18/h11-12,14,18H,3-10,13H2,1-2H3,(H,24,30)(H,25,28)/t18-/m0/s1. The van der Waals surface area contributed by atoms with Gasteiger partial charge in [-0.15, -0.1) is 0 Å². The Labute approximate surface area is 186 Å². The van der Waals surface area contributed by atoms with E-state index < -0.39 is 11.9 Å². The summed E-state index contributed by atoms with van der Waals surface area (Å²) in [6.45, 7) is 0.439. The Balaban J connectivity index is 1.65. The van der Waals surface area contributed by atoms with Crippen LogP contribution in [0.5, 0.6) is 0 Å². The number of methoxy groups -OCH3 is 1. The third-order valence-electron chi connectivity index (χ3n) is 6.32. The summed E-state index contributed by atoms with van der Waals surface area (Å²) < 4.78 is 12.3. The fourth-order valence-electron chi connectivity index (χ4n) is 4.69. The minimum absolute atomic E-state index is 0.0625. The molecule has 2 heterocycles. The number of carbonyl (C=O) groups excluding carboxylic acids is 3. The van der Waals surface area contributed by atoms with E-state index in [2.05, 4.69) is 15.4 Å². The summed E-state index contributed by atoms with van der Waals surface area (Å²) in [5, 5.41) is 5.53. The molecule has 2 N–H and O–H groups in total. The van der Waals surface area contributed by atoms with Crippen molar-refractivity contribution in [2.45, 2.75) is 51.0 Å². The third-order valence-corrected chi connectivity index (χ3v) is 6.32. The molecular formula is C23H30N4O5. The lowest BCUT2D eigenvalue weighted by Crippen LogP contribution is -2.30. The molecule has 1 aliphatic heterocycles. The number of aromatic nitrogens is 2. The predicted octanol–water partition coefficient (Wildman–Crippen LogP) is 2.85. The molecule has 1 atom stereocenters. The van der Waals surface area contributed by atoms with Crippen LogP contribution in [0.4, 0.5) is 5.69 Å². The van der Waals surface area contributed by atoms with Crippen molar-refractivity contribution in [3.8, 4) is 0 Å². The zero-order chi connectivity index (χ0) is 22.7. The van der Waals surface area contributed by atoms with E-state index in [4.69, 9.17) is 9.72 Å². The molecule has 2 aromatic rings. The molecule has 1 saturated carbocycles. The highest BCUT2D eigenvalue weighted by Crippen LogP contribution is 2.33. The van der Waals surface area contributed by atoms with Crippen LogP contribution in [-0.2, 0) is 26.1 Å². The Hall–Kier alpha value is -2.94. The van der Waals surface area contributed by atoms with Crippen LogP contribution in [0.3, 0.4) is 0 Å². The van der Waals surface area contributed by atoms with E-state index in [0.29, 0.717) is 41.2 Å². The number of benzene rings is 1. The van der Waals surface area contributed by atoms with Crippen LogP contribution in [0, 0.1) is 5.92 Å². The molecular weight excluding hydrogens is 412 g/mol. The maximum atomic E-state index is 13.0. The number of nitrogens with zero attached hydrogens (tertiary/aromatic N) is 2. The topological polar surface area (TPSA) is 112 Å². The molecule has 0 bridgehead atoms. The molecule has 1 saturated heterocycles. The summed E-state index contributed by atoms with van der Waals surface area (Å²) in [4.78, 5) is 41.8. The van der Waals surface area contributed by atoms with Gasteiger partial charge in [-0.05, 0) is 43.7 Å². The zero-order valence-corrected chi connectivity index (χ0v) is 18.6. The van der Waals surface area contributed by atoms with Gasteiger partial charge in [0.15, 0.2) is 0 Å². The number of amides is 2. The minimum Gasteiger partial charge on any atom is -0.468 e. The highest BCUT2D eigenvalue weighted by molar-refractivity contribution is 6.08. The van der Waals surface area contributed by atoms with Crippen molar-refractivity contribution in [2.24, 2.45) is 13.0 Å². The molecule has 2 amide bonds. The van der Waals surface area contributed by atoms with Gasteiger partial charge in [0.25, 0.3) is 5.91 Å². The Kier molecular flexibility index (Phi) is 6.74. The van der Waals surface area contributed by atoms with Gasteiger partial charge in [0.2, 0.25) is 5.91 Å². The fourth-order valence-corrected chi connectivity index (χ4v) is 4.69. The second-order valence-electron chi connectivity index (χ2n) is 8.58. The van der Waals surface area contributed by atoms with Crippen LogP contribution in [-0.4, -0.2) is 47.6 Å². The van der Waals surface area contributed by atoms with E-state index in [1.807, 2.05) is 11.6 Å². The Morgan fingerprint density at radius 1 is 1.19 bits per heavy atom. The average molecular weight is 443 g/mol. The number of imidazole rings is 1. The van der Waals surface area contributed by atoms with Crippen molar-refractivity contribution < 1.29 is 23.9 Å². The maximum absolute atomic E-state index is 13.0. The van der Waals surface area contributed by atoms with Gasteiger partial charge in [-0.25, -0.2) is 4.98 Å². The molecule has 172 valence electrons.